The number of rotatable bonds is 11. The van der Waals surface area contributed by atoms with Gasteiger partial charge in [0, 0.05) is 48.5 Å². The van der Waals surface area contributed by atoms with Gasteiger partial charge in [-0.25, -0.2) is 0 Å². The first kappa shape index (κ1) is 26.8. The Kier molecular flexibility index (Phi) is 8.59. The molecule has 0 radical (unpaired) electrons. The molecular formula is C34H33N3O3. The number of phenols is 1. The first-order chi connectivity index (χ1) is 19.6. The average Bonchev–Trinajstić information content (AvgIpc) is 3.00. The summed E-state index contributed by atoms with van der Waals surface area (Å²) in [5.74, 6) is 1.93. The van der Waals surface area contributed by atoms with Crippen LogP contribution in [0.4, 0.5) is 17.1 Å². The molecule has 0 saturated carbocycles. The second-order valence-electron chi connectivity index (χ2n) is 9.49. The van der Waals surface area contributed by atoms with Gasteiger partial charge < -0.3 is 19.5 Å². The lowest BCUT2D eigenvalue weighted by atomic mass is 10.1. The third-order valence-electron chi connectivity index (χ3n) is 6.76. The molecule has 0 atom stereocenters. The van der Waals surface area contributed by atoms with Crippen molar-refractivity contribution in [1.29, 1.82) is 0 Å². The van der Waals surface area contributed by atoms with Crippen LogP contribution in [0.15, 0.2) is 121 Å². The summed E-state index contributed by atoms with van der Waals surface area (Å²) in [6.45, 7) is 1.98. The van der Waals surface area contributed by atoms with Gasteiger partial charge in [0.25, 0.3) is 0 Å². The van der Waals surface area contributed by atoms with Crippen LogP contribution in [0.1, 0.15) is 16.8 Å². The summed E-state index contributed by atoms with van der Waals surface area (Å²) in [4.78, 5) is 9.02. The van der Waals surface area contributed by atoms with Gasteiger partial charge in [0.1, 0.15) is 17.2 Å². The lowest BCUT2D eigenvalue weighted by Gasteiger charge is -2.27. The van der Waals surface area contributed by atoms with Gasteiger partial charge in [0.05, 0.1) is 19.9 Å². The van der Waals surface area contributed by atoms with Gasteiger partial charge in [-0.15, -0.1) is 0 Å². The fraction of sp³-hybridized carbons (Fsp3) is 0.147. The molecule has 0 aliphatic rings. The highest BCUT2D eigenvalue weighted by molar-refractivity contribution is 5.77. The van der Waals surface area contributed by atoms with E-state index in [1.807, 2.05) is 66.9 Å². The zero-order valence-corrected chi connectivity index (χ0v) is 22.8. The van der Waals surface area contributed by atoms with Crippen molar-refractivity contribution in [3.05, 3.63) is 138 Å². The van der Waals surface area contributed by atoms with Gasteiger partial charge in [-0.2, -0.15) is 0 Å². The number of para-hydroxylation sites is 1. The average molecular weight is 532 g/mol. The maximum atomic E-state index is 10.4. The Morgan fingerprint density at radius 2 is 1.15 bits per heavy atom. The van der Waals surface area contributed by atoms with E-state index in [1.54, 1.807) is 20.3 Å². The molecule has 5 rings (SSSR count). The predicted octanol–water partition coefficient (Wildman–Crippen LogP) is 7.48. The molecular weight excluding hydrogens is 498 g/mol. The van der Waals surface area contributed by atoms with Crippen molar-refractivity contribution < 1.29 is 14.6 Å². The minimum Gasteiger partial charge on any atom is -0.508 e. The first-order valence-electron chi connectivity index (χ1n) is 13.2. The Morgan fingerprint density at radius 3 is 1.68 bits per heavy atom. The highest BCUT2D eigenvalue weighted by atomic mass is 16.5. The van der Waals surface area contributed by atoms with Crippen LogP contribution in [0.5, 0.6) is 17.2 Å². The highest BCUT2D eigenvalue weighted by Crippen LogP contribution is 2.36. The van der Waals surface area contributed by atoms with Crippen LogP contribution in [0.2, 0.25) is 0 Å². The van der Waals surface area contributed by atoms with Gasteiger partial charge in [0.2, 0.25) is 0 Å². The van der Waals surface area contributed by atoms with Crippen LogP contribution < -0.4 is 14.4 Å². The molecule has 0 spiro atoms. The number of pyridine rings is 1. The summed E-state index contributed by atoms with van der Waals surface area (Å²) in [5, 5.41) is 10.4. The molecule has 6 nitrogen and oxygen atoms in total. The van der Waals surface area contributed by atoms with Crippen LogP contribution in [-0.4, -0.2) is 29.2 Å². The Hall–Kier alpha value is -4.81. The number of ether oxygens (including phenoxy) is 2. The lowest BCUT2D eigenvalue weighted by molar-refractivity contribution is 0.241. The molecule has 0 saturated heterocycles. The minimum atomic E-state index is 0.304. The summed E-state index contributed by atoms with van der Waals surface area (Å²) >= 11 is 0. The molecule has 40 heavy (non-hydrogen) atoms. The number of phenolic OH excluding ortho intramolecular Hbond substituents is 1. The number of aromatic nitrogens is 1. The van der Waals surface area contributed by atoms with E-state index in [-0.39, 0.29) is 0 Å². The van der Waals surface area contributed by atoms with Crippen molar-refractivity contribution in [2.45, 2.75) is 19.6 Å². The lowest BCUT2D eigenvalue weighted by Crippen LogP contribution is -2.23. The second-order valence-corrected chi connectivity index (χ2v) is 9.49. The van der Waals surface area contributed by atoms with E-state index < -0.39 is 0 Å². The van der Waals surface area contributed by atoms with E-state index in [4.69, 9.17) is 9.47 Å². The van der Waals surface area contributed by atoms with E-state index in [0.717, 1.165) is 39.8 Å². The highest BCUT2D eigenvalue weighted by Gasteiger charge is 2.15. The SMILES string of the molecule is COc1ccc(N(c2ccc(CN(Cc3ccccn3)Cc3ccccc3O)cc2)c2ccc(OC)cc2)cc1. The van der Waals surface area contributed by atoms with Gasteiger partial charge in [-0.3, -0.25) is 9.88 Å². The maximum Gasteiger partial charge on any atom is 0.120 e. The van der Waals surface area contributed by atoms with E-state index in [2.05, 4.69) is 63.3 Å². The van der Waals surface area contributed by atoms with Crippen molar-refractivity contribution in [2.75, 3.05) is 19.1 Å². The molecule has 0 aliphatic heterocycles. The number of hydrogen-bond acceptors (Lipinski definition) is 6. The van der Waals surface area contributed by atoms with Crippen molar-refractivity contribution in [3.8, 4) is 17.2 Å². The van der Waals surface area contributed by atoms with Crippen molar-refractivity contribution >= 4 is 17.1 Å². The van der Waals surface area contributed by atoms with Crippen LogP contribution in [-0.2, 0) is 19.6 Å². The van der Waals surface area contributed by atoms with Gasteiger partial charge >= 0.3 is 0 Å². The maximum absolute atomic E-state index is 10.4. The molecule has 5 aromatic rings. The molecule has 0 bridgehead atoms. The smallest absolute Gasteiger partial charge is 0.120 e. The Bertz CT molecular complexity index is 1440. The fourth-order valence-corrected chi connectivity index (χ4v) is 4.69. The number of nitrogens with zero attached hydrogens (tertiary/aromatic N) is 3. The molecule has 0 aliphatic carbocycles. The molecule has 1 heterocycles. The van der Waals surface area contributed by atoms with E-state index in [1.165, 1.54) is 5.56 Å². The molecule has 4 aromatic carbocycles. The molecule has 1 N–H and O–H groups in total. The number of benzene rings is 4. The van der Waals surface area contributed by atoms with Crippen LogP contribution >= 0.6 is 0 Å². The molecule has 0 amide bonds. The monoisotopic (exact) mass is 531 g/mol. The zero-order chi connectivity index (χ0) is 27.7. The largest absolute Gasteiger partial charge is 0.508 e. The summed E-state index contributed by atoms with van der Waals surface area (Å²) in [6.07, 6.45) is 1.81. The number of methoxy groups -OCH3 is 2. The Labute approximate surface area is 235 Å². The van der Waals surface area contributed by atoms with Crippen LogP contribution in [0.3, 0.4) is 0 Å². The Morgan fingerprint density at radius 1 is 0.600 bits per heavy atom. The van der Waals surface area contributed by atoms with Gasteiger partial charge in [-0.05, 0) is 84.4 Å². The van der Waals surface area contributed by atoms with Crippen molar-refractivity contribution in [2.24, 2.45) is 0 Å². The molecule has 0 fully saturated rings. The van der Waals surface area contributed by atoms with Crippen LogP contribution in [0.25, 0.3) is 0 Å². The van der Waals surface area contributed by atoms with E-state index >= 15 is 0 Å². The summed E-state index contributed by atoms with van der Waals surface area (Å²) < 4.78 is 10.8. The van der Waals surface area contributed by atoms with Crippen molar-refractivity contribution in [3.63, 3.8) is 0 Å². The van der Waals surface area contributed by atoms with Crippen molar-refractivity contribution in [1.82, 2.24) is 9.88 Å². The quantitative estimate of drug-likeness (QED) is 0.191. The normalized spacial score (nSPS) is 10.9. The molecule has 0 unspecified atom stereocenters. The van der Waals surface area contributed by atoms with Gasteiger partial charge in [-0.1, -0.05) is 36.4 Å². The topological polar surface area (TPSA) is 58.1 Å². The fourth-order valence-electron chi connectivity index (χ4n) is 4.69. The zero-order valence-electron chi connectivity index (χ0n) is 22.8. The summed E-state index contributed by atoms with van der Waals surface area (Å²) in [7, 11) is 3.34. The Balaban J connectivity index is 1.42. The molecule has 1 aromatic heterocycles. The van der Waals surface area contributed by atoms with E-state index in [9.17, 15) is 5.11 Å². The molecule has 202 valence electrons. The minimum absolute atomic E-state index is 0.304. The third-order valence-corrected chi connectivity index (χ3v) is 6.76. The second kappa shape index (κ2) is 12.8. The first-order valence-corrected chi connectivity index (χ1v) is 13.2. The summed E-state index contributed by atoms with van der Waals surface area (Å²) in [6, 6.07) is 38.1. The molecule has 6 heteroatoms. The predicted molar refractivity (Wildman–Crippen MR) is 160 cm³/mol. The van der Waals surface area contributed by atoms with Crippen LogP contribution in [0, 0.1) is 0 Å². The van der Waals surface area contributed by atoms with Gasteiger partial charge in [0.15, 0.2) is 0 Å². The van der Waals surface area contributed by atoms with E-state index in [0.29, 0.717) is 25.4 Å². The third kappa shape index (κ3) is 6.60. The number of aromatic hydroxyl groups is 1. The summed E-state index contributed by atoms with van der Waals surface area (Å²) in [5.41, 5.74) is 6.13. The number of hydrogen-bond donors (Lipinski definition) is 1. The standard InChI is InChI=1S/C34H33N3O3/c1-39-32-18-14-30(15-19-32)37(31-16-20-33(40-2)21-17-31)29-12-10-26(11-13-29)23-36(25-28-8-5-6-22-35-28)24-27-7-3-4-9-34(27)38/h3-22,38H,23-25H2,1-2H3. The number of anilines is 3.